The van der Waals surface area contributed by atoms with E-state index >= 15 is 0 Å². The van der Waals surface area contributed by atoms with E-state index in [9.17, 15) is 35.7 Å². The summed E-state index contributed by atoms with van der Waals surface area (Å²) in [6.45, 7) is 13.2. The number of hydrogen-bond acceptors (Lipinski definition) is 17. The van der Waals surface area contributed by atoms with Gasteiger partial charge in [0.25, 0.3) is 0 Å². The van der Waals surface area contributed by atoms with E-state index in [2.05, 4.69) is 43.8 Å². The molecule has 0 aromatic heterocycles. The van der Waals surface area contributed by atoms with Gasteiger partial charge >= 0.3 is 0 Å². The summed E-state index contributed by atoms with van der Waals surface area (Å²) in [6.07, 6.45) is -10.5. The highest BCUT2D eigenvalue weighted by atomic mass is 16.8. The van der Waals surface area contributed by atoms with Gasteiger partial charge in [-0.15, -0.1) is 0 Å². The molecule has 1 spiro atoms. The van der Waals surface area contributed by atoms with Gasteiger partial charge < -0.3 is 78.4 Å². The van der Waals surface area contributed by atoms with Crippen LogP contribution in [0.3, 0.4) is 0 Å². The number of aliphatic hydroxyl groups excluding tert-OH is 7. The molecule has 0 amide bonds. The lowest BCUT2D eigenvalue weighted by Crippen LogP contribution is -2.66. The Hall–Kier alpha value is -1.59. The molecule has 8 fully saturated rings. The van der Waals surface area contributed by atoms with Crippen molar-refractivity contribution in [3.05, 3.63) is 22.1 Å². The van der Waals surface area contributed by atoms with Crippen molar-refractivity contribution in [3.63, 3.8) is 0 Å². The van der Waals surface area contributed by atoms with Crippen LogP contribution in [-0.4, -0.2) is 172 Å². The monoisotopic (exact) mass is 938 g/mol. The third-order valence-corrected chi connectivity index (χ3v) is 18.1. The van der Waals surface area contributed by atoms with E-state index in [4.69, 9.17) is 48.2 Å². The fourth-order valence-electron chi connectivity index (χ4n) is 14.3. The molecule has 9 rings (SSSR count). The summed E-state index contributed by atoms with van der Waals surface area (Å²) in [5, 5.41) is 79.9. The molecule has 4 aliphatic carbocycles. The molecule has 0 aromatic carbocycles. The largest absolute Gasteiger partial charge is 0.388 e. The first-order valence-electron chi connectivity index (χ1n) is 24.7. The molecule has 5 heterocycles. The smallest absolute Gasteiger partial charge is 0.187 e. The number of hydrogen-bond donors (Lipinski definition) is 7. The quantitative estimate of drug-likeness (QED) is 0.0516. The third kappa shape index (κ3) is 8.60. The molecule has 0 aromatic rings. The summed E-state index contributed by atoms with van der Waals surface area (Å²) in [6, 6.07) is 0. The molecule has 5 saturated heterocycles. The summed E-state index contributed by atoms with van der Waals surface area (Å²) < 4.78 is 56.9. The van der Waals surface area contributed by atoms with Crippen LogP contribution in [0.25, 0.3) is 10.4 Å². The minimum Gasteiger partial charge on any atom is -0.388 e. The zero-order valence-corrected chi connectivity index (χ0v) is 39.2. The van der Waals surface area contributed by atoms with Gasteiger partial charge in [-0.3, -0.25) is 0 Å². The number of allylic oxidation sites excluding steroid dienone is 1. The predicted molar refractivity (Wildman–Crippen MR) is 231 cm³/mol. The second-order valence-electron chi connectivity index (χ2n) is 21.9. The molecule has 9 aliphatic rings. The SMILES string of the molecule is C[C@@H]1CC[C@@]2(OC1)OC1CC3C4CC=C5C[C@@H](O[C@@H]6O[C@H](COCCN=[N+]=[N-])[C@@H](O[C@@H]7O[C@@H](C)[C@H](O)[C@@H](O)[C@H]7O)[C@H](O)[C@H]6O[C@@H]6O[C@@H](C)[C@H](O)[C@@H](O)[C@H]6O)CC[C@]5(C)C4CC[C@]3(C)C1[C@@H]2C. The van der Waals surface area contributed by atoms with E-state index in [1.807, 2.05) is 0 Å². The van der Waals surface area contributed by atoms with Crippen LogP contribution in [0.4, 0.5) is 0 Å². The molecule has 0 bridgehead atoms. The standard InChI is InChI=1S/C47H75N3O16/c1-21-9-14-47(59-19-21)22(2)32-30(66-47)18-29-27-8-7-25-17-26(10-12-45(25,5)28(27)11-13-46(29,32)6)62-44-41(65-43-38(56)36(54)34(52)24(4)61-43)39(57)40(31(63-44)20-58-16-15-49-50-48)64-42-37(55)35(53)33(51)23(3)60-42/h7,21-24,26-44,51-57H,8-20H2,1-6H3/t21-,22+,23+,24+,26+,27?,28?,29?,30?,31-,32?,33+,34+,35-,36-,37-,38-,39+,40-,41-,42+,43+,44-,45+,46+,47-/m1/s1. The first-order chi connectivity index (χ1) is 31.4. The topological polar surface area (TPSA) is 273 Å². The van der Waals surface area contributed by atoms with E-state index in [1.54, 1.807) is 0 Å². The molecule has 7 N–H and O–H groups in total. The maximum absolute atomic E-state index is 12.3. The molecule has 26 atom stereocenters. The van der Waals surface area contributed by atoms with Gasteiger partial charge in [0, 0.05) is 23.8 Å². The summed E-state index contributed by atoms with van der Waals surface area (Å²) in [5.74, 6) is 2.56. The summed E-state index contributed by atoms with van der Waals surface area (Å²) >= 11 is 0. The maximum Gasteiger partial charge on any atom is 0.187 e. The first kappa shape index (κ1) is 49.4. The van der Waals surface area contributed by atoms with Gasteiger partial charge in [-0.05, 0) is 111 Å². The Morgan fingerprint density at radius 2 is 1.44 bits per heavy atom. The van der Waals surface area contributed by atoms with Crippen LogP contribution in [-0.2, 0) is 42.6 Å². The van der Waals surface area contributed by atoms with E-state index in [0.29, 0.717) is 48.3 Å². The van der Waals surface area contributed by atoms with Gasteiger partial charge in [0.15, 0.2) is 24.7 Å². The minimum absolute atomic E-state index is 0.00230. The minimum atomic E-state index is -1.72. The van der Waals surface area contributed by atoms with E-state index in [0.717, 1.165) is 51.6 Å². The molecule has 0 radical (unpaired) electrons. The summed E-state index contributed by atoms with van der Waals surface area (Å²) in [5.41, 5.74) is 10.3. The number of azide groups is 1. The van der Waals surface area contributed by atoms with Crippen LogP contribution in [0, 0.1) is 46.3 Å². The van der Waals surface area contributed by atoms with Crippen molar-refractivity contribution in [1.82, 2.24) is 0 Å². The highest BCUT2D eigenvalue weighted by molar-refractivity contribution is 5.26. The molecule has 374 valence electrons. The number of fused-ring (bicyclic) bond motifs is 7. The number of rotatable bonds is 11. The second-order valence-corrected chi connectivity index (χ2v) is 21.9. The highest BCUT2D eigenvalue weighted by Crippen LogP contribution is 2.70. The lowest BCUT2D eigenvalue weighted by atomic mass is 9.47. The zero-order chi connectivity index (χ0) is 47.0. The van der Waals surface area contributed by atoms with Gasteiger partial charge in [-0.1, -0.05) is 44.5 Å². The van der Waals surface area contributed by atoms with Crippen LogP contribution < -0.4 is 0 Å². The van der Waals surface area contributed by atoms with Crippen molar-refractivity contribution in [1.29, 1.82) is 0 Å². The van der Waals surface area contributed by atoms with E-state index in [-0.39, 0.29) is 42.8 Å². The van der Waals surface area contributed by atoms with Gasteiger partial charge in [0.2, 0.25) is 0 Å². The lowest BCUT2D eigenvalue weighted by molar-refractivity contribution is -0.389. The van der Waals surface area contributed by atoms with Crippen molar-refractivity contribution in [3.8, 4) is 0 Å². The molecular formula is C47H75N3O16. The Kier molecular flexibility index (Phi) is 14.4. The van der Waals surface area contributed by atoms with Crippen LogP contribution in [0.5, 0.6) is 0 Å². The number of aliphatic hydroxyl groups is 7. The van der Waals surface area contributed by atoms with E-state index < -0.39 is 97.9 Å². The Morgan fingerprint density at radius 1 is 0.758 bits per heavy atom. The van der Waals surface area contributed by atoms with Crippen LogP contribution in [0.1, 0.15) is 99.3 Å². The Labute approximate surface area is 386 Å². The van der Waals surface area contributed by atoms with Crippen molar-refractivity contribution in [2.24, 2.45) is 51.5 Å². The molecule has 5 aliphatic heterocycles. The fourth-order valence-corrected chi connectivity index (χ4v) is 14.3. The van der Waals surface area contributed by atoms with Crippen molar-refractivity contribution in [2.45, 2.75) is 209 Å². The number of ether oxygens (including phenoxy) is 9. The Morgan fingerprint density at radius 3 is 2.09 bits per heavy atom. The highest BCUT2D eigenvalue weighted by Gasteiger charge is 2.69. The van der Waals surface area contributed by atoms with Gasteiger partial charge in [0.05, 0.1) is 44.2 Å². The van der Waals surface area contributed by atoms with Crippen LogP contribution >= 0.6 is 0 Å². The summed E-state index contributed by atoms with van der Waals surface area (Å²) in [4.78, 5) is 2.77. The molecule has 66 heavy (non-hydrogen) atoms. The zero-order valence-electron chi connectivity index (χ0n) is 39.2. The summed E-state index contributed by atoms with van der Waals surface area (Å²) in [7, 11) is 0. The van der Waals surface area contributed by atoms with Gasteiger partial charge in [0.1, 0.15) is 61.0 Å². The average Bonchev–Trinajstić information content (AvgIpc) is 3.74. The lowest BCUT2D eigenvalue weighted by Gasteiger charge is -2.59. The van der Waals surface area contributed by atoms with Crippen molar-refractivity contribution >= 4 is 0 Å². The second kappa shape index (κ2) is 19.2. The molecule has 3 saturated carbocycles. The molecular weight excluding hydrogens is 863 g/mol. The van der Waals surface area contributed by atoms with Crippen LogP contribution in [0.2, 0.25) is 0 Å². The Bertz CT molecular complexity index is 1780. The predicted octanol–water partition coefficient (Wildman–Crippen LogP) is 2.58. The van der Waals surface area contributed by atoms with E-state index in [1.165, 1.54) is 19.4 Å². The first-order valence-corrected chi connectivity index (χ1v) is 24.7. The third-order valence-electron chi connectivity index (χ3n) is 18.1. The molecule has 5 unspecified atom stereocenters. The average molecular weight is 938 g/mol. The molecule has 19 nitrogen and oxygen atoms in total. The Balaban J connectivity index is 0.939. The van der Waals surface area contributed by atoms with Crippen LogP contribution in [0.15, 0.2) is 16.8 Å². The fraction of sp³-hybridized carbons (Fsp3) is 0.957. The normalized spacial score (nSPS) is 54.7. The van der Waals surface area contributed by atoms with Gasteiger partial charge in [-0.2, -0.15) is 0 Å². The van der Waals surface area contributed by atoms with Crippen molar-refractivity contribution in [2.75, 3.05) is 26.4 Å². The molecule has 19 heteroatoms. The van der Waals surface area contributed by atoms with Gasteiger partial charge in [-0.25, -0.2) is 0 Å². The van der Waals surface area contributed by atoms with Crippen molar-refractivity contribution < 1.29 is 78.4 Å². The maximum atomic E-state index is 12.3. The number of nitrogens with zero attached hydrogens (tertiary/aromatic N) is 3.